The molecule has 0 aliphatic carbocycles. The molecular formula is C15H19ClN2O3. The van der Waals surface area contributed by atoms with E-state index in [0.29, 0.717) is 29.5 Å². The van der Waals surface area contributed by atoms with Crippen LogP contribution in [0.1, 0.15) is 13.8 Å². The number of methoxy groups -OCH3 is 1. The van der Waals surface area contributed by atoms with Crippen molar-refractivity contribution >= 4 is 29.1 Å². The lowest BCUT2D eigenvalue weighted by Crippen LogP contribution is -2.40. The number of amides is 2. The molecule has 0 aliphatic heterocycles. The average Bonchev–Trinajstić information content (AvgIpc) is 2.44. The van der Waals surface area contributed by atoms with Gasteiger partial charge in [-0.15, -0.1) is 0 Å². The molecule has 0 bridgehead atoms. The summed E-state index contributed by atoms with van der Waals surface area (Å²) in [7, 11) is 1.50. The number of anilines is 1. The molecule has 21 heavy (non-hydrogen) atoms. The van der Waals surface area contributed by atoms with Crippen LogP contribution in [0.4, 0.5) is 5.69 Å². The van der Waals surface area contributed by atoms with Crippen LogP contribution in [0, 0.1) is 0 Å². The van der Waals surface area contributed by atoms with Gasteiger partial charge in [-0.25, -0.2) is 0 Å². The predicted octanol–water partition coefficient (Wildman–Crippen LogP) is 2.71. The lowest BCUT2D eigenvalue weighted by molar-refractivity contribution is -0.142. The van der Waals surface area contributed by atoms with Gasteiger partial charge in [0.25, 0.3) is 0 Å². The molecule has 0 fully saturated rings. The normalized spacial score (nSPS) is 9.90. The Morgan fingerprint density at radius 3 is 2.57 bits per heavy atom. The molecule has 0 unspecified atom stereocenters. The molecule has 114 valence electrons. The molecule has 0 atom stereocenters. The fourth-order valence-electron chi connectivity index (χ4n) is 1.73. The molecule has 0 spiro atoms. The standard InChI is InChI=1S/C15H19ClN2O3/c1-5-18(9-10(2)3)15(20)14(19)17-11-6-7-13(21-4)12(16)8-11/h6-8H,2,5,9H2,1,3-4H3,(H,17,19). The zero-order chi connectivity index (χ0) is 16.0. The zero-order valence-electron chi connectivity index (χ0n) is 12.4. The van der Waals surface area contributed by atoms with E-state index in [2.05, 4.69) is 11.9 Å². The molecule has 0 aromatic heterocycles. The van der Waals surface area contributed by atoms with Crippen LogP contribution in [-0.4, -0.2) is 36.9 Å². The highest BCUT2D eigenvalue weighted by Gasteiger charge is 2.20. The largest absolute Gasteiger partial charge is 0.495 e. The number of carbonyl (C=O) groups is 2. The van der Waals surface area contributed by atoms with Crippen LogP contribution < -0.4 is 10.1 Å². The van der Waals surface area contributed by atoms with Crippen LogP contribution in [0.3, 0.4) is 0 Å². The summed E-state index contributed by atoms with van der Waals surface area (Å²) in [5.41, 5.74) is 1.25. The predicted molar refractivity (Wildman–Crippen MR) is 83.7 cm³/mol. The van der Waals surface area contributed by atoms with Gasteiger partial charge in [-0.3, -0.25) is 9.59 Å². The number of likely N-dealkylation sites (N-methyl/N-ethyl adjacent to an activating group) is 1. The first kappa shape index (κ1) is 17.0. The van der Waals surface area contributed by atoms with Crippen LogP contribution in [0.25, 0.3) is 0 Å². The second kappa shape index (κ2) is 7.69. The topological polar surface area (TPSA) is 58.6 Å². The number of halogens is 1. The molecule has 1 N–H and O–H groups in total. The third kappa shape index (κ3) is 4.79. The summed E-state index contributed by atoms with van der Waals surface area (Å²) in [4.78, 5) is 25.4. The summed E-state index contributed by atoms with van der Waals surface area (Å²) in [6.45, 7) is 8.14. The van der Waals surface area contributed by atoms with Crippen molar-refractivity contribution in [2.24, 2.45) is 0 Å². The summed E-state index contributed by atoms with van der Waals surface area (Å²) in [5, 5.41) is 2.88. The Balaban J connectivity index is 2.78. The smallest absolute Gasteiger partial charge is 0.313 e. The maximum atomic E-state index is 12.0. The van der Waals surface area contributed by atoms with Crippen LogP contribution in [0.15, 0.2) is 30.4 Å². The lowest BCUT2D eigenvalue weighted by atomic mass is 10.2. The van der Waals surface area contributed by atoms with E-state index in [9.17, 15) is 9.59 Å². The van der Waals surface area contributed by atoms with Gasteiger partial charge in [-0.1, -0.05) is 23.8 Å². The van der Waals surface area contributed by atoms with Crippen molar-refractivity contribution in [3.05, 3.63) is 35.4 Å². The number of rotatable bonds is 5. The molecule has 0 saturated heterocycles. The number of nitrogens with one attached hydrogen (secondary N) is 1. The van der Waals surface area contributed by atoms with Gasteiger partial charge in [0, 0.05) is 18.8 Å². The SMILES string of the molecule is C=C(C)CN(CC)C(=O)C(=O)Nc1ccc(OC)c(Cl)c1. The maximum absolute atomic E-state index is 12.0. The summed E-state index contributed by atoms with van der Waals surface area (Å²) >= 11 is 5.97. The van der Waals surface area contributed by atoms with Crippen molar-refractivity contribution in [2.75, 3.05) is 25.5 Å². The van der Waals surface area contributed by atoms with Crippen molar-refractivity contribution in [3.8, 4) is 5.75 Å². The first-order valence-electron chi connectivity index (χ1n) is 6.47. The highest BCUT2D eigenvalue weighted by Crippen LogP contribution is 2.27. The number of nitrogens with zero attached hydrogens (tertiary/aromatic N) is 1. The van der Waals surface area contributed by atoms with Gasteiger partial charge < -0.3 is 15.0 Å². The average molecular weight is 311 g/mol. The third-order valence-electron chi connectivity index (χ3n) is 2.73. The van der Waals surface area contributed by atoms with Gasteiger partial charge >= 0.3 is 11.8 Å². The molecule has 0 saturated carbocycles. The van der Waals surface area contributed by atoms with Crippen molar-refractivity contribution < 1.29 is 14.3 Å². The number of hydrogen-bond donors (Lipinski definition) is 1. The van der Waals surface area contributed by atoms with Gasteiger partial charge in [-0.2, -0.15) is 0 Å². The van der Waals surface area contributed by atoms with Gasteiger partial charge in [0.15, 0.2) is 0 Å². The van der Waals surface area contributed by atoms with Crippen molar-refractivity contribution in [1.29, 1.82) is 0 Å². The highest BCUT2D eigenvalue weighted by atomic mass is 35.5. The van der Waals surface area contributed by atoms with Crippen LogP contribution >= 0.6 is 11.6 Å². The minimum Gasteiger partial charge on any atom is -0.495 e. The van der Waals surface area contributed by atoms with E-state index >= 15 is 0 Å². The molecule has 1 rings (SSSR count). The number of ether oxygens (including phenoxy) is 1. The zero-order valence-corrected chi connectivity index (χ0v) is 13.2. The first-order chi connectivity index (χ1) is 9.88. The fourth-order valence-corrected chi connectivity index (χ4v) is 1.98. The maximum Gasteiger partial charge on any atom is 0.313 e. The van der Waals surface area contributed by atoms with E-state index in [4.69, 9.17) is 16.3 Å². The Labute approximate surface area is 129 Å². The second-order valence-corrected chi connectivity index (χ2v) is 4.99. The Bertz CT molecular complexity index is 558. The summed E-state index contributed by atoms with van der Waals surface area (Å²) in [5.74, 6) is -0.815. The fraction of sp³-hybridized carbons (Fsp3) is 0.333. The monoisotopic (exact) mass is 310 g/mol. The Morgan fingerprint density at radius 2 is 2.10 bits per heavy atom. The Hall–Kier alpha value is -2.01. The van der Waals surface area contributed by atoms with Crippen LogP contribution in [0.2, 0.25) is 5.02 Å². The molecule has 1 aromatic rings. The second-order valence-electron chi connectivity index (χ2n) is 4.58. The van der Waals surface area contributed by atoms with Crippen molar-refractivity contribution in [1.82, 2.24) is 4.90 Å². The van der Waals surface area contributed by atoms with Crippen molar-refractivity contribution in [3.63, 3.8) is 0 Å². The molecule has 0 heterocycles. The van der Waals surface area contributed by atoms with Gasteiger partial charge in [-0.05, 0) is 32.0 Å². The molecule has 0 radical (unpaired) electrons. The van der Waals surface area contributed by atoms with E-state index in [1.54, 1.807) is 26.0 Å². The van der Waals surface area contributed by atoms with Gasteiger partial charge in [0.2, 0.25) is 0 Å². The van der Waals surface area contributed by atoms with Crippen molar-refractivity contribution in [2.45, 2.75) is 13.8 Å². The summed E-state index contributed by atoms with van der Waals surface area (Å²) in [6.07, 6.45) is 0. The van der Waals surface area contributed by atoms with Crippen LogP contribution in [0.5, 0.6) is 5.75 Å². The molecular weight excluding hydrogens is 292 g/mol. The quantitative estimate of drug-likeness (QED) is 0.672. The van der Waals surface area contributed by atoms with E-state index in [0.717, 1.165) is 5.57 Å². The van der Waals surface area contributed by atoms with Gasteiger partial charge in [0.05, 0.1) is 12.1 Å². The summed E-state index contributed by atoms with van der Waals surface area (Å²) in [6, 6.07) is 4.76. The Kier molecular flexibility index (Phi) is 6.24. The molecule has 5 nitrogen and oxygen atoms in total. The van der Waals surface area contributed by atoms with Gasteiger partial charge in [0.1, 0.15) is 5.75 Å². The van der Waals surface area contributed by atoms with E-state index in [1.807, 2.05) is 0 Å². The molecule has 2 amide bonds. The summed E-state index contributed by atoms with van der Waals surface area (Å²) < 4.78 is 5.02. The number of hydrogen-bond acceptors (Lipinski definition) is 3. The third-order valence-corrected chi connectivity index (χ3v) is 3.03. The number of carbonyl (C=O) groups excluding carboxylic acids is 2. The number of benzene rings is 1. The highest BCUT2D eigenvalue weighted by molar-refractivity contribution is 6.39. The minimum atomic E-state index is -0.709. The minimum absolute atomic E-state index is 0.353. The Morgan fingerprint density at radius 1 is 1.43 bits per heavy atom. The molecule has 0 aliphatic rings. The van der Waals surface area contributed by atoms with E-state index < -0.39 is 11.8 Å². The molecule has 1 aromatic carbocycles. The van der Waals surface area contributed by atoms with E-state index in [1.165, 1.54) is 18.1 Å². The van der Waals surface area contributed by atoms with Crippen LogP contribution in [-0.2, 0) is 9.59 Å². The van der Waals surface area contributed by atoms with E-state index in [-0.39, 0.29) is 0 Å². The first-order valence-corrected chi connectivity index (χ1v) is 6.85. The molecule has 6 heteroatoms. The lowest BCUT2D eigenvalue weighted by Gasteiger charge is -2.20.